The van der Waals surface area contributed by atoms with E-state index in [1.807, 2.05) is 0 Å². The molecule has 2 atom stereocenters. The number of piperidine rings is 1. The quantitative estimate of drug-likeness (QED) is 0.524. The van der Waals surface area contributed by atoms with Crippen molar-refractivity contribution in [2.75, 3.05) is 24.6 Å². The maximum atomic E-state index is 14.9. The fraction of sp³-hybridized carbons (Fsp3) is 0.478. The minimum absolute atomic E-state index is 0.0538. The van der Waals surface area contributed by atoms with Crippen LogP contribution in [-0.4, -0.2) is 57.9 Å². The van der Waals surface area contributed by atoms with Crippen LogP contribution in [-0.2, 0) is 14.3 Å². The van der Waals surface area contributed by atoms with Crippen LogP contribution in [0.2, 0.25) is 0 Å². The molecular weight excluding hydrogens is 455 g/mol. The predicted octanol–water partition coefficient (Wildman–Crippen LogP) is 3.45. The minimum atomic E-state index is -2.12. The third-order valence-electron chi connectivity index (χ3n) is 5.95. The van der Waals surface area contributed by atoms with E-state index in [1.54, 1.807) is 4.90 Å². The van der Waals surface area contributed by atoms with Crippen LogP contribution in [0.1, 0.15) is 44.0 Å². The van der Waals surface area contributed by atoms with Gasteiger partial charge >= 0.3 is 11.9 Å². The highest BCUT2D eigenvalue weighted by Crippen LogP contribution is 2.35. The summed E-state index contributed by atoms with van der Waals surface area (Å²) in [6.45, 7) is 4.52. The molecule has 2 unspecified atom stereocenters. The van der Waals surface area contributed by atoms with Crippen LogP contribution in [0.4, 0.5) is 19.0 Å². The molecule has 8 nitrogen and oxygen atoms in total. The molecule has 1 fully saturated rings. The van der Waals surface area contributed by atoms with Gasteiger partial charge in [0.2, 0.25) is 0 Å². The van der Waals surface area contributed by atoms with Gasteiger partial charge in [-0.05, 0) is 31.7 Å². The third-order valence-corrected chi connectivity index (χ3v) is 5.95. The molecule has 0 bridgehead atoms. The second-order valence-corrected chi connectivity index (χ2v) is 8.29. The fourth-order valence-corrected chi connectivity index (χ4v) is 4.14. The Bertz CT molecular complexity index is 1030. The number of carboxylic acids is 2. The molecule has 2 N–H and O–H groups in total. The van der Waals surface area contributed by atoms with Gasteiger partial charge in [-0.1, -0.05) is 13.0 Å². The number of hydrogen-bond donors (Lipinski definition) is 2. The van der Waals surface area contributed by atoms with Gasteiger partial charge in [-0.15, -0.1) is 0 Å². The van der Waals surface area contributed by atoms with Crippen molar-refractivity contribution in [3.63, 3.8) is 0 Å². The van der Waals surface area contributed by atoms with Crippen molar-refractivity contribution in [1.82, 2.24) is 9.97 Å². The largest absolute Gasteiger partial charge is 0.481 e. The van der Waals surface area contributed by atoms with Crippen LogP contribution in [0.15, 0.2) is 24.4 Å². The van der Waals surface area contributed by atoms with Crippen LogP contribution in [0.25, 0.3) is 0 Å². The van der Waals surface area contributed by atoms with Crippen molar-refractivity contribution in [1.29, 1.82) is 0 Å². The lowest BCUT2D eigenvalue weighted by atomic mass is 9.84. The average Bonchev–Trinajstić information content (AvgIpc) is 2.76. The molecule has 0 aliphatic carbocycles. The Morgan fingerprint density at radius 2 is 1.79 bits per heavy atom. The van der Waals surface area contributed by atoms with Crippen molar-refractivity contribution < 1.29 is 37.7 Å². The van der Waals surface area contributed by atoms with E-state index in [4.69, 9.17) is 4.74 Å². The van der Waals surface area contributed by atoms with Crippen molar-refractivity contribution in [2.24, 2.45) is 11.8 Å². The minimum Gasteiger partial charge on any atom is -0.481 e. The molecular formula is C23H26F3N3O5. The lowest BCUT2D eigenvalue weighted by Crippen LogP contribution is -2.42. The molecule has 11 heteroatoms. The number of carboxylic acid groups (broad SMARTS) is 2. The molecule has 2 aromatic rings. The number of nitrogens with zero attached hydrogens (tertiary/aromatic N) is 3. The van der Waals surface area contributed by atoms with Crippen LogP contribution in [0.3, 0.4) is 0 Å². The normalized spacial score (nSPS) is 16.5. The third kappa shape index (κ3) is 5.46. The summed E-state index contributed by atoms with van der Waals surface area (Å²) >= 11 is 0. The number of aromatic nitrogens is 2. The van der Waals surface area contributed by atoms with E-state index in [9.17, 15) is 33.0 Å². The summed E-state index contributed by atoms with van der Waals surface area (Å²) in [6, 6.07) is 2.58. The first-order valence-electron chi connectivity index (χ1n) is 10.9. The van der Waals surface area contributed by atoms with Gasteiger partial charge < -0.3 is 19.8 Å². The van der Waals surface area contributed by atoms with E-state index in [1.165, 1.54) is 6.92 Å². The van der Waals surface area contributed by atoms with Gasteiger partial charge in [-0.25, -0.2) is 23.1 Å². The number of carbonyl (C=O) groups is 2. The Labute approximate surface area is 194 Å². The Morgan fingerprint density at radius 1 is 1.15 bits per heavy atom. The average molecular weight is 481 g/mol. The van der Waals surface area contributed by atoms with E-state index in [0.29, 0.717) is 25.1 Å². The van der Waals surface area contributed by atoms with Gasteiger partial charge in [-0.3, -0.25) is 9.59 Å². The molecule has 1 aliphatic heterocycles. The van der Waals surface area contributed by atoms with Crippen molar-refractivity contribution in [3.05, 3.63) is 53.2 Å². The maximum absolute atomic E-state index is 14.9. The summed E-state index contributed by atoms with van der Waals surface area (Å²) in [5, 5.41) is 19.2. The fourth-order valence-electron chi connectivity index (χ4n) is 4.14. The van der Waals surface area contributed by atoms with E-state index in [-0.39, 0.29) is 23.8 Å². The molecule has 1 aromatic carbocycles. The standard InChI is InChI=1S/C23H26F3N3O5/c1-3-34-19(18(22(30)31)23(32)33)17(14-5-4-13(24)10-15(14)25)20-27-11-16(26)21(28-20)29-8-6-12(2)7-9-29/h4-5,10-12,17-19H,3,6-9H2,1-2H3,(H,30,31)(H,32,33). The lowest BCUT2D eigenvalue weighted by molar-refractivity contribution is -0.162. The maximum Gasteiger partial charge on any atom is 0.320 e. The summed E-state index contributed by atoms with van der Waals surface area (Å²) in [7, 11) is 0. The molecule has 1 aliphatic rings. The van der Waals surface area contributed by atoms with Crippen LogP contribution >= 0.6 is 0 Å². The lowest BCUT2D eigenvalue weighted by Gasteiger charge is -2.33. The SMILES string of the molecule is CCOC(C(C(=O)O)C(=O)O)C(c1ncc(F)c(N2CCC(C)CC2)n1)c1ccc(F)cc1F. The molecule has 1 aromatic heterocycles. The molecule has 1 saturated heterocycles. The smallest absolute Gasteiger partial charge is 0.320 e. The van der Waals surface area contributed by atoms with Crippen molar-refractivity contribution >= 4 is 17.8 Å². The highest BCUT2D eigenvalue weighted by Gasteiger charge is 2.44. The molecule has 0 saturated carbocycles. The molecule has 184 valence electrons. The van der Waals surface area contributed by atoms with E-state index >= 15 is 0 Å². The zero-order valence-electron chi connectivity index (χ0n) is 18.7. The van der Waals surface area contributed by atoms with Gasteiger partial charge in [0.25, 0.3) is 0 Å². The van der Waals surface area contributed by atoms with Crippen LogP contribution in [0, 0.1) is 29.3 Å². The molecule has 0 spiro atoms. The van der Waals surface area contributed by atoms with E-state index in [0.717, 1.165) is 31.2 Å². The van der Waals surface area contributed by atoms with Crippen molar-refractivity contribution in [2.45, 2.75) is 38.7 Å². The first-order chi connectivity index (χ1) is 16.1. The van der Waals surface area contributed by atoms with Gasteiger partial charge in [0.05, 0.1) is 18.2 Å². The monoisotopic (exact) mass is 481 g/mol. The Kier molecular flexibility index (Phi) is 8.08. The van der Waals surface area contributed by atoms with Gasteiger partial charge in [0.1, 0.15) is 17.5 Å². The van der Waals surface area contributed by atoms with Crippen LogP contribution in [0.5, 0.6) is 0 Å². The topological polar surface area (TPSA) is 113 Å². The molecule has 0 amide bonds. The second kappa shape index (κ2) is 10.8. The number of halogens is 3. The first kappa shape index (κ1) is 25.4. The molecule has 0 radical (unpaired) electrons. The summed E-state index contributed by atoms with van der Waals surface area (Å²) in [6.07, 6.45) is 0.816. The highest BCUT2D eigenvalue weighted by molar-refractivity contribution is 5.93. The first-order valence-corrected chi connectivity index (χ1v) is 10.9. The predicted molar refractivity (Wildman–Crippen MR) is 115 cm³/mol. The zero-order chi connectivity index (χ0) is 25.0. The Morgan fingerprint density at radius 3 is 2.35 bits per heavy atom. The zero-order valence-corrected chi connectivity index (χ0v) is 18.7. The number of benzene rings is 1. The molecule has 2 heterocycles. The molecule has 34 heavy (non-hydrogen) atoms. The number of ether oxygens (including phenoxy) is 1. The summed E-state index contributed by atoms with van der Waals surface area (Å²) in [5.41, 5.74) is -0.267. The number of rotatable bonds is 9. The van der Waals surface area contributed by atoms with Crippen molar-refractivity contribution in [3.8, 4) is 0 Å². The summed E-state index contributed by atoms with van der Waals surface area (Å²) in [5.74, 6) is -9.53. The van der Waals surface area contributed by atoms with E-state index < -0.39 is 47.3 Å². The van der Waals surface area contributed by atoms with E-state index in [2.05, 4.69) is 16.9 Å². The summed E-state index contributed by atoms with van der Waals surface area (Å²) in [4.78, 5) is 33.6. The number of hydrogen-bond acceptors (Lipinski definition) is 6. The Hall–Kier alpha value is -3.21. The number of anilines is 1. The highest BCUT2D eigenvalue weighted by atomic mass is 19.1. The van der Waals surface area contributed by atoms with Gasteiger partial charge in [0.15, 0.2) is 17.6 Å². The Balaban J connectivity index is 2.18. The van der Waals surface area contributed by atoms with Crippen LogP contribution < -0.4 is 4.90 Å². The second-order valence-electron chi connectivity index (χ2n) is 8.29. The van der Waals surface area contributed by atoms with Gasteiger partial charge in [-0.2, -0.15) is 0 Å². The van der Waals surface area contributed by atoms with Gasteiger partial charge in [0, 0.05) is 31.3 Å². The molecule has 3 rings (SSSR count). The number of aliphatic carboxylic acids is 2. The summed E-state index contributed by atoms with van der Waals surface area (Å²) < 4.78 is 48.7.